The third-order valence-electron chi connectivity index (χ3n) is 4.59. The molecule has 1 amide bonds. The van der Waals surface area contributed by atoms with E-state index in [-0.39, 0.29) is 42.2 Å². The number of alkyl halides is 3. The summed E-state index contributed by atoms with van der Waals surface area (Å²) in [4.78, 5) is 13.8. The summed E-state index contributed by atoms with van der Waals surface area (Å²) in [6, 6.07) is 11.8. The topological polar surface area (TPSA) is 81.5 Å². The Hall–Kier alpha value is -2.90. The van der Waals surface area contributed by atoms with E-state index in [0.29, 0.717) is 0 Å². The second kappa shape index (κ2) is 7.85. The van der Waals surface area contributed by atoms with Crippen LogP contribution in [0, 0.1) is 11.3 Å². The molecule has 0 radical (unpaired) electrons. The molecule has 29 heavy (non-hydrogen) atoms. The minimum absolute atomic E-state index is 0.0210. The smallest absolute Gasteiger partial charge is 0.336 e. The van der Waals surface area contributed by atoms with Crippen molar-refractivity contribution in [3.63, 3.8) is 0 Å². The van der Waals surface area contributed by atoms with Gasteiger partial charge in [0.1, 0.15) is 6.07 Å². The molecule has 1 fully saturated rings. The van der Waals surface area contributed by atoms with E-state index in [9.17, 15) is 26.4 Å². The Balaban J connectivity index is 1.74. The zero-order chi connectivity index (χ0) is 21.2. The largest absolute Gasteiger partial charge is 0.416 e. The number of hydrogen-bond acceptors (Lipinski definition) is 4. The number of carbonyl (C=O) groups is 1. The van der Waals surface area contributed by atoms with Crippen molar-refractivity contribution in [3.05, 3.63) is 65.2 Å². The van der Waals surface area contributed by atoms with E-state index < -0.39 is 27.7 Å². The van der Waals surface area contributed by atoms with Gasteiger partial charge in [0.05, 0.1) is 16.0 Å². The third-order valence-corrected chi connectivity index (χ3v) is 6.54. The fourth-order valence-electron chi connectivity index (χ4n) is 3.07. The summed E-state index contributed by atoms with van der Waals surface area (Å²) in [5.41, 5.74) is -1.00. The molecule has 0 spiro atoms. The summed E-state index contributed by atoms with van der Waals surface area (Å²) in [5.74, 6) is -0.592. The van der Waals surface area contributed by atoms with E-state index in [1.165, 1.54) is 33.5 Å². The van der Waals surface area contributed by atoms with Crippen molar-refractivity contribution in [1.82, 2.24) is 9.21 Å². The van der Waals surface area contributed by atoms with E-state index in [1.807, 2.05) is 6.07 Å². The number of halogens is 3. The molecule has 0 aromatic heterocycles. The van der Waals surface area contributed by atoms with Crippen LogP contribution in [0.5, 0.6) is 0 Å². The Labute approximate surface area is 165 Å². The van der Waals surface area contributed by atoms with Crippen LogP contribution in [0.15, 0.2) is 53.4 Å². The van der Waals surface area contributed by atoms with Crippen LogP contribution in [0.1, 0.15) is 21.5 Å². The van der Waals surface area contributed by atoms with Gasteiger partial charge in [0.15, 0.2) is 0 Å². The quantitative estimate of drug-likeness (QED) is 0.760. The van der Waals surface area contributed by atoms with Crippen molar-refractivity contribution in [3.8, 4) is 6.07 Å². The fourth-order valence-corrected chi connectivity index (χ4v) is 4.63. The number of hydrogen-bond donors (Lipinski definition) is 0. The molecule has 1 aliphatic heterocycles. The van der Waals surface area contributed by atoms with Crippen LogP contribution >= 0.6 is 0 Å². The summed E-state index contributed by atoms with van der Waals surface area (Å²) in [7, 11) is -3.92. The Bertz CT molecular complexity index is 1070. The molecule has 10 heteroatoms. The van der Waals surface area contributed by atoms with E-state index >= 15 is 0 Å². The zero-order valence-corrected chi connectivity index (χ0v) is 15.9. The molecule has 6 nitrogen and oxygen atoms in total. The zero-order valence-electron chi connectivity index (χ0n) is 15.1. The lowest BCUT2D eigenvalue weighted by atomic mass is 10.1. The van der Waals surface area contributed by atoms with E-state index in [1.54, 1.807) is 6.07 Å². The molecule has 152 valence electrons. The normalized spacial score (nSPS) is 15.7. The van der Waals surface area contributed by atoms with Gasteiger partial charge >= 0.3 is 6.18 Å². The third kappa shape index (κ3) is 4.26. The fraction of sp³-hybridized carbons (Fsp3) is 0.263. The maximum Gasteiger partial charge on any atom is 0.416 e. The Kier molecular flexibility index (Phi) is 5.64. The van der Waals surface area contributed by atoms with Crippen LogP contribution in [-0.2, 0) is 16.2 Å². The van der Waals surface area contributed by atoms with Crippen molar-refractivity contribution in [2.75, 3.05) is 26.2 Å². The molecule has 1 aliphatic rings. The molecule has 1 heterocycles. The Morgan fingerprint density at radius 1 is 1.00 bits per heavy atom. The average Bonchev–Trinajstić information content (AvgIpc) is 2.72. The van der Waals surface area contributed by atoms with Crippen LogP contribution in [0.4, 0.5) is 13.2 Å². The number of benzene rings is 2. The SMILES string of the molecule is N#Cc1ccccc1S(=O)(=O)N1CCN(C(=O)c2cccc(C(F)(F)F)c2)CC1. The van der Waals surface area contributed by atoms with Gasteiger partial charge in [0.2, 0.25) is 10.0 Å². The van der Waals surface area contributed by atoms with Crippen molar-refractivity contribution >= 4 is 15.9 Å². The first kappa shape index (κ1) is 20.8. The van der Waals surface area contributed by atoms with Gasteiger partial charge in [-0.1, -0.05) is 18.2 Å². The predicted molar refractivity (Wildman–Crippen MR) is 97.3 cm³/mol. The van der Waals surface area contributed by atoms with Crippen LogP contribution in [0.25, 0.3) is 0 Å². The van der Waals surface area contributed by atoms with Gasteiger partial charge in [-0.15, -0.1) is 0 Å². The molecular formula is C19H16F3N3O3S. The summed E-state index contributed by atoms with van der Waals surface area (Å²) in [6.07, 6.45) is -4.56. The van der Waals surface area contributed by atoms with Gasteiger partial charge in [-0.05, 0) is 30.3 Å². The summed E-state index contributed by atoms with van der Waals surface area (Å²) in [6.45, 7) is 0.0195. The lowest BCUT2D eigenvalue weighted by molar-refractivity contribution is -0.137. The molecule has 0 bridgehead atoms. The highest BCUT2D eigenvalue weighted by Crippen LogP contribution is 2.30. The highest BCUT2D eigenvalue weighted by Gasteiger charge is 2.34. The van der Waals surface area contributed by atoms with Gasteiger partial charge in [0, 0.05) is 31.7 Å². The number of nitriles is 1. The number of piperazine rings is 1. The van der Waals surface area contributed by atoms with Crippen LogP contribution in [-0.4, -0.2) is 49.7 Å². The number of rotatable bonds is 3. The molecule has 0 aliphatic carbocycles. The minimum atomic E-state index is -4.56. The first-order valence-corrected chi connectivity index (χ1v) is 10.0. The van der Waals surface area contributed by atoms with Gasteiger partial charge in [-0.2, -0.15) is 22.7 Å². The molecule has 2 aromatic carbocycles. The molecule has 1 saturated heterocycles. The number of amides is 1. The second-order valence-electron chi connectivity index (χ2n) is 6.38. The standard InChI is InChI=1S/C19H16F3N3O3S/c20-19(21,22)16-6-3-5-14(12-16)18(26)24-8-10-25(11-9-24)29(27,28)17-7-2-1-4-15(17)13-23/h1-7,12H,8-11H2. The van der Waals surface area contributed by atoms with Gasteiger partial charge < -0.3 is 4.90 Å². The minimum Gasteiger partial charge on any atom is -0.336 e. The van der Waals surface area contributed by atoms with Gasteiger partial charge in [0.25, 0.3) is 5.91 Å². The van der Waals surface area contributed by atoms with Crippen LogP contribution in [0.3, 0.4) is 0 Å². The molecule has 0 saturated carbocycles. The van der Waals surface area contributed by atoms with E-state index in [2.05, 4.69) is 0 Å². The number of sulfonamides is 1. The Morgan fingerprint density at radius 2 is 1.66 bits per heavy atom. The lowest BCUT2D eigenvalue weighted by Gasteiger charge is -2.34. The first-order valence-electron chi connectivity index (χ1n) is 8.60. The van der Waals surface area contributed by atoms with Crippen molar-refractivity contribution in [2.45, 2.75) is 11.1 Å². The predicted octanol–water partition coefficient (Wildman–Crippen LogP) is 2.72. The highest BCUT2D eigenvalue weighted by atomic mass is 32.2. The number of nitrogens with zero attached hydrogens (tertiary/aromatic N) is 3. The average molecular weight is 423 g/mol. The van der Waals surface area contributed by atoms with Gasteiger partial charge in [-0.25, -0.2) is 8.42 Å². The van der Waals surface area contributed by atoms with Crippen LogP contribution in [0.2, 0.25) is 0 Å². The maximum absolute atomic E-state index is 12.9. The van der Waals surface area contributed by atoms with E-state index in [0.717, 1.165) is 18.2 Å². The monoisotopic (exact) mass is 423 g/mol. The second-order valence-corrected chi connectivity index (χ2v) is 8.29. The molecule has 2 aromatic rings. The Morgan fingerprint density at radius 3 is 2.28 bits per heavy atom. The van der Waals surface area contributed by atoms with Crippen molar-refractivity contribution in [1.29, 1.82) is 5.26 Å². The molecular weight excluding hydrogens is 407 g/mol. The van der Waals surface area contributed by atoms with Gasteiger partial charge in [-0.3, -0.25) is 4.79 Å². The maximum atomic E-state index is 12.9. The molecule has 0 N–H and O–H groups in total. The summed E-state index contributed by atoms with van der Waals surface area (Å²) in [5, 5.41) is 9.13. The summed E-state index contributed by atoms with van der Waals surface area (Å²) < 4.78 is 65.4. The molecule has 3 rings (SSSR count). The lowest BCUT2D eigenvalue weighted by Crippen LogP contribution is -2.50. The molecule has 0 atom stereocenters. The van der Waals surface area contributed by atoms with Crippen LogP contribution < -0.4 is 0 Å². The molecule has 0 unspecified atom stereocenters. The van der Waals surface area contributed by atoms with E-state index in [4.69, 9.17) is 5.26 Å². The number of carbonyl (C=O) groups excluding carboxylic acids is 1. The first-order chi connectivity index (χ1) is 13.6. The van der Waals surface area contributed by atoms with Crippen molar-refractivity contribution in [2.24, 2.45) is 0 Å². The van der Waals surface area contributed by atoms with Crippen molar-refractivity contribution < 1.29 is 26.4 Å². The highest BCUT2D eigenvalue weighted by molar-refractivity contribution is 7.89. The summed E-state index contributed by atoms with van der Waals surface area (Å²) >= 11 is 0.